The summed E-state index contributed by atoms with van der Waals surface area (Å²) in [5.74, 6) is 0.142. The summed E-state index contributed by atoms with van der Waals surface area (Å²) in [5.41, 5.74) is 1.14. The molecular weight excluding hydrogens is 253 g/mol. The smallest absolute Gasteiger partial charge is 0.123 e. The first-order valence-corrected chi connectivity index (χ1v) is 7.56. The first-order valence-electron chi connectivity index (χ1n) is 7.56. The van der Waals surface area contributed by atoms with Gasteiger partial charge in [-0.3, -0.25) is 0 Å². The van der Waals surface area contributed by atoms with Crippen LogP contribution in [0, 0.1) is 5.82 Å². The number of benzene rings is 1. The van der Waals surface area contributed by atoms with E-state index in [1.165, 1.54) is 6.07 Å². The summed E-state index contributed by atoms with van der Waals surface area (Å²) < 4.78 is 19.2. The van der Waals surface area contributed by atoms with Crippen molar-refractivity contribution in [2.24, 2.45) is 0 Å². The van der Waals surface area contributed by atoms with Gasteiger partial charge in [0.1, 0.15) is 5.82 Å². The molecule has 1 aromatic rings. The van der Waals surface area contributed by atoms with Crippen LogP contribution in [0.15, 0.2) is 24.3 Å². The highest BCUT2D eigenvalue weighted by molar-refractivity contribution is 5.21. The second-order valence-corrected chi connectivity index (χ2v) is 6.75. The fourth-order valence-electron chi connectivity index (χ4n) is 2.67. The van der Waals surface area contributed by atoms with E-state index in [4.69, 9.17) is 4.74 Å². The Hall–Kier alpha value is -0.930. The van der Waals surface area contributed by atoms with Crippen LogP contribution in [-0.4, -0.2) is 24.8 Å². The molecule has 1 heterocycles. The van der Waals surface area contributed by atoms with Crippen molar-refractivity contribution in [2.45, 2.75) is 57.6 Å². The van der Waals surface area contributed by atoms with Gasteiger partial charge >= 0.3 is 0 Å². The van der Waals surface area contributed by atoms with Crippen LogP contribution in [0.4, 0.5) is 4.39 Å². The van der Waals surface area contributed by atoms with Gasteiger partial charge in [-0.05, 0) is 63.6 Å². The van der Waals surface area contributed by atoms with E-state index in [0.717, 1.165) is 38.0 Å². The molecule has 1 aliphatic rings. The van der Waals surface area contributed by atoms with Crippen LogP contribution in [0.1, 0.15) is 51.5 Å². The minimum absolute atomic E-state index is 0.0715. The number of hydrogen-bond acceptors (Lipinski definition) is 2. The third kappa shape index (κ3) is 4.88. The molecule has 1 fully saturated rings. The van der Waals surface area contributed by atoms with Crippen molar-refractivity contribution in [3.63, 3.8) is 0 Å². The van der Waals surface area contributed by atoms with Crippen molar-refractivity contribution in [1.29, 1.82) is 0 Å². The summed E-state index contributed by atoms with van der Waals surface area (Å²) in [6, 6.07) is 6.98. The largest absolute Gasteiger partial charge is 0.378 e. The molecule has 2 nitrogen and oxygen atoms in total. The zero-order chi connectivity index (χ0) is 14.6. The number of ether oxygens (including phenoxy) is 1. The molecule has 1 aromatic carbocycles. The first-order chi connectivity index (χ1) is 9.44. The molecule has 3 heteroatoms. The van der Waals surface area contributed by atoms with Crippen LogP contribution in [0.2, 0.25) is 0 Å². The third-order valence-corrected chi connectivity index (χ3v) is 3.77. The Bertz CT molecular complexity index is 421. The van der Waals surface area contributed by atoms with Gasteiger partial charge in [-0.25, -0.2) is 4.39 Å². The number of rotatable bonds is 5. The molecule has 0 amide bonds. The summed E-state index contributed by atoms with van der Waals surface area (Å²) in [6.45, 7) is 8.19. The Kier molecular flexibility index (Phi) is 5.17. The molecule has 2 rings (SSSR count). The van der Waals surface area contributed by atoms with Gasteiger partial charge < -0.3 is 10.1 Å². The van der Waals surface area contributed by atoms with Crippen LogP contribution in [0.3, 0.4) is 0 Å². The van der Waals surface area contributed by atoms with Gasteiger partial charge in [-0.1, -0.05) is 12.1 Å². The molecule has 1 aliphatic heterocycles. The summed E-state index contributed by atoms with van der Waals surface area (Å²) in [4.78, 5) is 0. The molecule has 0 aromatic heterocycles. The maximum atomic E-state index is 13.5. The van der Waals surface area contributed by atoms with Gasteiger partial charge in [-0.15, -0.1) is 0 Å². The topological polar surface area (TPSA) is 21.3 Å². The fourth-order valence-corrected chi connectivity index (χ4v) is 2.67. The molecule has 0 saturated carbocycles. The number of hydrogen-bond donors (Lipinski definition) is 1. The molecule has 2 atom stereocenters. The summed E-state index contributed by atoms with van der Waals surface area (Å²) in [6.07, 6.45) is 3.56. The monoisotopic (exact) mass is 279 g/mol. The zero-order valence-electron chi connectivity index (χ0n) is 12.8. The summed E-state index contributed by atoms with van der Waals surface area (Å²) in [5, 5.41) is 3.54. The van der Waals surface area contributed by atoms with Gasteiger partial charge in [-0.2, -0.15) is 0 Å². The Labute approximate surface area is 121 Å². The molecule has 0 aliphatic carbocycles. The van der Waals surface area contributed by atoms with Crippen molar-refractivity contribution in [3.8, 4) is 0 Å². The summed E-state index contributed by atoms with van der Waals surface area (Å²) >= 11 is 0. The molecule has 1 N–H and O–H groups in total. The van der Waals surface area contributed by atoms with E-state index < -0.39 is 0 Å². The molecule has 1 saturated heterocycles. The van der Waals surface area contributed by atoms with Gasteiger partial charge in [0.25, 0.3) is 0 Å². The van der Waals surface area contributed by atoms with E-state index in [1.807, 2.05) is 6.07 Å². The predicted molar refractivity (Wildman–Crippen MR) is 80.5 cm³/mol. The van der Waals surface area contributed by atoms with E-state index in [0.29, 0.717) is 12.0 Å². The lowest BCUT2D eigenvalue weighted by atomic mass is 9.91. The lowest BCUT2D eigenvalue weighted by Gasteiger charge is -2.27. The standard InChI is InChI=1S/C17H26FNO/c1-17(2,3)19-12-14(11-16-8-5-9-20-16)13-6-4-7-15(18)10-13/h4,6-7,10,14,16,19H,5,8-9,11-12H2,1-3H3. The third-order valence-electron chi connectivity index (χ3n) is 3.77. The summed E-state index contributed by atoms with van der Waals surface area (Å²) in [7, 11) is 0. The quantitative estimate of drug-likeness (QED) is 0.883. The van der Waals surface area contributed by atoms with E-state index in [2.05, 4.69) is 26.1 Å². The van der Waals surface area contributed by atoms with Gasteiger partial charge in [0.05, 0.1) is 6.10 Å². The molecule has 0 bridgehead atoms. The van der Waals surface area contributed by atoms with Crippen LogP contribution in [0.25, 0.3) is 0 Å². The zero-order valence-corrected chi connectivity index (χ0v) is 12.8. The van der Waals surface area contributed by atoms with Crippen molar-refractivity contribution in [2.75, 3.05) is 13.2 Å². The van der Waals surface area contributed by atoms with Gasteiger partial charge in [0.15, 0.2) is 0 Å². The highest BCUT2D eigenvalue weighted by Crippen LogP contribution is 2.27. The molecule has 0 spiro atoms. The van der Waals surface area contributed by atoms with Crippen LogP contribution >= 0.6 is 0 Å². The van der Waals surface area contributed by atoms with Crippen LogP contribution in [-0.2, 0) is 4.74 Å². The second-order valence-electron chi connectivity index (χ2n) is 6.75. The molecular formula is C17H26FNO. The average molecular weight is 279 g/mol. The number of nitrogens with one attached hydrogen (secondary N) is 1. The maximum absolute atomic E-state index is 13.5. The average Bonchev–Trinajstić information content (AvgIpc) is 2.86. The van der Waals surface area contributed by atoms with Crippen molar-refractivity contribution in [1.82, 2.24) is 5.32 Å². The molecule has 112 valence electrons. The van der Waals surface area contributed by atoms with Crippen LogP contribution < -0.4 is 5.32 Å². The van der Waals surface area contributed by atoms with Crippen molar-refractivity contribution < 1.29 is 9.13 Å². The van der Waals surface area contributed by atoms with Gasteiger partial charge in [0, 0.05) is 18.7 Å². The lowest BCUT2D eigenvalue weighted by Crippen LogP contribution is -2.39. The first kappa shape index (κ1) is 15.5. The predicted octanol–water partition coefficient (Wildman–Crippen LogP) is 3.87. The Balaban J connectivity index is 2.06. The highest BCUT2D eigenvalue weighted by Gasteiger charge is 2.23. The molecule has 0 radical (unpaired) electrons. The lowest BCUT2D eigenvalue weighted by molar-refractivity contribution is 0.0969. The van der Waals surface area contributed by atoms with E-state index >= 15 is 0 Å². The van der Waals surface area contributed by atoms with E-state index in [-0.39, 0.29) is 11.4 Å². The van der Waals surface area contributed by atoms with Crippen molar-refractivity contribution >= 4 is 0 Å². The maximum Gasteiger partial charge on any atom is 0.123 e. The minimum atomic E-state index is -0.157. The SMILES string of the molecule is CC(C)(C)NCC(CC1CCCO1)c1cccc(F)c1. The van der Waals surface area contributed by atoms with Gasteiger partial charge in [0.2, 0.25) is 0 Å². The Morgan fingerprint density at radius 2 is 2.20 bits per heavy atom. The second kappa shape index (κ2) is 6.68. The molecule has 20 heavy (non-hydrogen) atoms. The Morgan fingerprint density at radius 1 is 1.40 bits per heavy atom. The minimum Gasteiger partial charge on any atom is -0.378 e. The fraction of sp³-hybridized carbons (Fsp3) is 0.647. The Morgan fingerprint density at radius 3 is 2.80 bits per heavy atom. The normalized spacial score (nSPS) is 21.1. The highest BCUT2D eigenvalue weighted by atomic mass is 19.1. The number of halogens is 1. The molecule has 2 unspecified atom stereocenters. The van der Waals surface area contributed by atoms with E-state index in [1.54, 1.807) is 12.1 Å². The van der Waals surface area contributed by atoms with E-state index in [9.17, 15) is 4.39 Å². The van der Waals surface area contributed by atoms with Crippen LogP contribution in [0.5, 0.6) is 0 Å². The van der Waals surface area contributed by atoms with Crippen molar-refractivity contribution in [3.05, 3.63) is 35.6 Å².